The monoisotopic (exact) mass is 294 g/mol. The van der Waals surface area contributed by atoms with Gasteiger partial charge in [-0.15, -0.1) is 5.10 Å². The molecular formula is C12H9F3N6. The fourth-order valence-corrected chi connectivity index (χ4v) is 1.77. The van der Waals surface area contributed by atoms with Crippen LogP contribution in [0.3, 0.4) is 0 Å². The second-order valence-corrected chi connectivity index (χ2v) is 4.31. The molecule has 0 atom stereocenters. The molecule has 0 saturated carbocycles. The largest absolute Gasteiger partial charge is 0.433 e. The summed E-state index contributed by atoms with van der Waals surface area (Å²) >= 11 is 0. The summed E-state index contributed by atoms with van der Waals surface area (Å²) in [5, 5.41) is 7.82. The van der Waals surface area contributed by atoms with Gasteiger partial charge in [-0.1, -0.05) is 5.21 Å². The van der Waals surface area contributed by atoms with Gasteiger partial charge in [0, 0.05) is 18.0 Å². The molecule has 0 spiro atoms. The summed E-state index contributed by atoms with van der Waals surface area (Å²) in [6.45, 7) is 0.445. The molecule has 0 radical (unpaired) electrons. The van der Waals surface area contributed by atoms with Crippen LogP contribution in [-0.4, -0.2) is 29.9 Å². The van der Waals surface area contributed by atoms with E-state index in [4.69, 9.17) is 0 Å². The molecule has 1 N–H and O–H groups in total. The Hall–Kier alpha value is -2.71. The lowest BCUT2D eigenvalue weighted by atomic mass is 10.2. The van der Waals surface area contributed by atoms with Gasteiger partial charge in [-0.25, -0.2) is 9.67 Å². The van der Waals surface area contributed by atoms with Gasteiger partial charge in [0.1, 0.15) is 11.4 Å². The number of aromatic nitrogens is 6. The summed E-state index contributed by atoms with van der Waals surface area (Å²) in [6.07, 6.45) is 1.52. The molecule has 0 saturated heterocycles. The van der Waals surface area contributed by atoms with E-state index in [1.165, 1.54) is 6.07 Å². The van der Waals surface area contributed by atoms with Crippen LogP contribution < -0.4 is 0 Å². The number of hydrogen-bond acceptors (Lipinski definition) is 4. The van der Waals surface area contributed by atoms with Gasteiger partial charge in [0.15, 0.2) is 0 Å². The van der Waals surface area contributed by atoms with E-state index < -0.39 is 11.9 Å². The van der Waals surface area contributed by atoms with Gasteiger partial charge < -0.3 is 4.98 Å². The molecule has 108 valence electrons. The number of nitrogens with zero attached hydrogens (tertiary/aromatic N) is 5. The minimum atomic E-state index is -4.45. The van der Waals surface area contributed by atoms with Crippen molar-refractivity contribution in [2.45, 2.75) is 12.7 Å². The predicted molar refractivity (Wildman–Crippen MR) is 65.9 cm³/mol. The molecule has 9 heteroatoms. The van der Waals surface area contributed by atoms with Crippen LogP contribution in [0.5, 0.6) is 0 Å². The summed E-state index contributed by atoms with van der Waals surface area (Å²) in [6, 6.07) is 2.24. The molecule has 3 rings (SSSR count). The van der Waals surface area contributed by atoms with Crippen LogP contribution in [0, 0.1) is 0 Å². The molecular weight excluding hydrogens is 285 g/mol. The molecule has 3 heterocycles. The first-order valence-corrected chi connectivity index (χ1v) is 5.93. The summed E-state index contributed by atoms with van der Waals surface area (Å²) in [7, 11) is 0. The van der Waals surface area contributed by atoms with Crippen LogP contribution in [0.25, 0.3) is 11.3 Å². The van der Waals surface area contributed by atoms with Gasteiger partial charge in [0.2, 0.25) is 0 Å². The maximum atomic E-state index is 12.4. The molecule has 3 aromatic rings. The third-order valence-corrected chi connectivity index (χ3v) is 2.78. The van der Waals surface area contributed by atoms with Crippen LogP contribution in [0.15, 0.2) is 37.1 Å². The van der Waals surface area contributed by atoms with Gasteiger partial charge in [0.25, 0.3) is 0 Å². The van der Waals surface area contributed by atoms with Crippen molar-refractivity contribution in [1.82, 2.24) is 29.9 Å². The van der Waals surface area contributed by atoms with Crippen LogP contribution in [0.2, 0.25) is 0 Å². The second kappa shape index (κ2) is 5.00. The first-order chi connectivity index (χ1) is 10.0. The number of nitrogens with one attached hydrogen (secondary N) is 1. The Balaban J connectivity index is 1.80. The van der Waals surface area contributed by atoms with Crippen molar-refractivity contribution in [3.05, 3.63) is 48.4 Å². The van der Waals surface area contributed by atoms with Crippen molar-refractivity contribution in [3.8, 4) is 11.3 Å². The van der Waals surface area contributed by atoms with Crippen molar-refractivity contribution < 1.29 is 13.2 Å². The van der Waals surface area contributed by atoms with Gasteiger partial charge in [-0.3, -0.25) is 4.98 Å². The average molecular weight is 294 g/mol. The Morgan fingerprint density at radius 3 is 2.67 bits per heavy atom. The Morgan fingerprint density at radius 1 is 1.19 bits per heavy atom. The lowest BCUT2D eigenvalue weighted by molar-refractivity contribution is -0.141. The number of imidazole rings is 1. The highest BCUT2D eigenvalue weighted by Crippen LogP contribution is 2.28. The first-order valence-electron chi connectivity index (χ1n) is 5.93. The lowest BCUT2D eigenvalue weighted by Crippen LogP contribution is -2.07. The summed E-state index contributed by atoms with van der Waals surface area (Å²) in [5.41, 5.74) is 0.836. The van der Waals surface area contributed by atoms with E-state index in [1.54, 1.807) is 23.4 Å². The summed E-state index contributed by atoms with van der Waals surface area (Å²) in [4.78, 5) is 10.2. The van der Waals surface area contributed by atoms with Gasteiger partial charge in [0.05, 0.1) is 24.8 Å². The predicted octanol–water partition coefficient (Wildman–Crippen LogP) is 2.13. The van der Waals surface area contributed by atoms with E-state index in [1.807, 2.05) is 0 Å². The molecule has 0 aliphatic rings. The van der Waals surface area contributed by atoms with E-state index >= 15 is 0 Å². The normalized spacial score (nSPS) is 11.8. The molecule has 0 unspecified atom stereocenters. The Bertz CT molecular complexity index is 714. The number of alkyl halides is 3. The Morgan fingerprint density at radius 2 is 2.05 bits per heavy atom. The molecule has 6 nitrogen and oxygen atoms in total. The maximum absolute atomic E-state index is 12.4. The van der Waals surface area contributed by atoms with Crippen LogP contribution in [-0.2, 0) is 12.7 Å². The van der Waals surface area contributed by atoms with E-state index in [0.717, 1.165) is 18.0 Å². The van der Waals surface area contributed by atoms with Crippen molar-refractivity contribution in [2.24, 2.45) is 0 Å². The Labute approximate surface area is 116 Å². The van der Waals surface area contributed by atoms with E-state index in [0.29, 0.717) is 17.8 Å². The van der Waals surface area contributed by atoms with Crippen LogP contribution >= 0.6 is 0 Å². The molecule has 0 bridgehead atoms. The van der Waals surface area contributed by atoms with Crippen molar-refractivity contribution >= 4 is 0 Å². The smallest absolute Gasteiger partial charge is 0.347 e. The number of aromatic amines is 1. The number of rotatable bonds is 3. The zero-order valence-corrected chi connectivity index (χ0v) is 10.5. The SMILES string of the molecule is FC(F)(F)c1ccc(-c2cn(Cc3cnc[nH]3)nn2)cn1. The number of halogens is 3. The Kier molecular flexibility index (Phi) is 3.16. The van der Waals surface area contributed by atoms with Crippen molar-refractivity contribution in [1.29, 1.82) is 0 Å². The molecule has 0 aliphatic heterocycles. The first kappa shape index (κ1) is 13.3. The zero-order chi connectivity index (χ0) is 14.9. The third-order valence-electron chi connectivity index (χ3n) is 2.78. The molecule has 21 heavy (non-hydrogen) atoms. The summed E-state index contributed by atoms with van der Waals surface area (Å²) in [5.74, 6) is 0. The molecule has 0 aliphatic carbocycles. The zero-order valence-electron chi connectivity index (χ0n) is 10.5. The van der Waals surface area contributed by atoms with Crippen LogP contribution in [0.4, 0.5) is 13.2 Å². The number of hydrogen-bond donors (Lipinski definition) is 1. The minimum Gasteiger partial charge on any atom is -0.347 e. The molecule has 3 aromatic heterocycles. The fraction of sp³-hybridized carbons (Fsp3) is 0.167. The maximum Gasteiger partial charge on any atom is 0.433 e. The van der Waals surface area contributed by atoms with Crippen LogP contribution in [0.1, 0.15) is 11.4 Å². The molecule has 0 fully saturated rings. The van der Waals surface area contributed by atoms with E-state index in [9.17, 15) is 13.2 Å². The van der Waals surface area contributed by atoms with Gasteiger partial charge >= 0.3 is 6.18 Å². The van der Waals surface area contributed by atoms with E-state index in [2.05, 4.69) is 25.3 Å². The third kappa shape index (κ3) is 2.91. The van der Waals surface area contributed by atoms with Crippen molar-refractivity contribution in [2.75, 3.05) is 0 Å². The summed E-state index contributed by atoms with van der Waals surface area (Å²) < 4.78 is 38.9. The highest BCUT2D eigenvalue weighted by molar-refractivity contribution is 5.56. The standard InChI is InChI=1S/C12H9F3N6/c13-12(14,15)11-2-1-8(3-17-11)10-6-21(20-19-10)5-9-4-16-7-18-9/h1-4,6-7H,5H2,(H,16,18). The molecule has 0 amide bonds. The van der Waals surface area contributed by atoms with Crippen molar-refractivity contribution in [3.63, 3.8) is 0 Å². The minimum absolute atomic E-state index is 0.445. The second-order valence-electron chi connectivity index (χ2n) is 4.31. The van der Waals surface area contributed by atoms with E-state index in [-0.39, 0.29) is 0 Å². The fourth-order valence-electron chi connectivity index (χ4n) is 1.77. The highest BCUT2D eigenvalue weighted by Gasteiger charge is 2.32. The number of pyridine rings is 1. The topological polar surface area (TPSA) is 72.3 Å². The lowest BCUT2D eigenvalue weighted by Gasteiger charge is -2.04. The number of H-pyrrole nitrogens is 1. The highest BCUT2D eigenvalue weighted by atomic mass is 19.4. The van der Waals surface area contributed by atoms with Gasteiger partial charge in [-0.2, -0.15) is 13.2 Å². The quantitative estimate of drug-likeness (QED) is 0.803. The molecule has 0 aromatic carbocycles. The average Bonchev–Trinajstić information content (AvgIpc) is 3.10. The van der Waals surface area contributed by atoms with Gasteiger partial charge in [-0.05, 0) is 12.1 Å².